The van der Waals surface area contributed by atoms with E-state index in [1.165, 1.54) is 0 Å². The molecule has 0 aliphatic heterocycles. The number of nitrogens with two attached hydrogens (primary N) is 1. The second-order valence-electron chi connectivity index (χ2n) is 5.05. The van der Waals surface area contributed by atoms with Crippen LogP contribution in [0.15, 0.2) is 30.3 Å². The van der Waals surface area contributed by atoms with Crippen molar-refractivity contribution in [1.29, 1.82) is 0 Å². The average molecular weight is 264 g/mol. The second kappa shape index (κ2) is 8.53. The van der Waals surface area contributed by atoms with Crippen LogP contribution in [-0.2, 0) is 4.79 Å². The Morgan fingerprint density at radius 1 is 1.37 bits per heavy atom. The number of anilines is 1. The van der Waals surface area contributed by atoms with Crippen LogP contribution in [0.3, 0.4) is 0 Å². The van der Waals surface area contributed by atoms with Crippen molar-refractivity contribution in [2.45, 2.75) is 26.2 Å². The highest BCUT2D eigenvalue weighted by Gasteiger charge is 2.18. The lowest BCUT2D eigenvalue weighted by molar-refractivity contribution is -0.141. The van der Waals surface area contributed by atoms with Crippen molar-refractivity contribution >= 4 is 11.7 Å². The Hall–Kier alpha value is -1.55. The first-order valence-corrected chi connectivity index (χ1v) is 6.85. The van der Waals surface area contributed by atoms with Crippen molar-refractivity contribution in [2.75, 3.05) is 18.4 Å². The number of carbonyl (C=O) groups is 1. The fraction of sp³-hybridized carbons (Fsp3) is 0.533. The predicted molar refractivity (Wildman–Crippen MR) is 78.1 cm³/mol. The summed E-state index contributed by atoms with van der Waals surface area (Å²) in [6, 6.07) is 10.1. The van der Waals surface area contributed by atoms with Crippen molar-refractivity contribution in [3.63, 3.8) is 0 Å². The third-order valence-corrected chi connectivity index (χ3v) is 3.30. The van der Waals surface area contributed by atoms with E-state index in [2.05, 4.69) is 12.2 Å². The molecule has 1 aromatic carbocycles. The summed E-state index contributed by atoms with van der Waals surface area (Å²) in [4.78, 5) is 10.9. The molecule has 0 saturated heterocycles. The van der Waals surface area contributed by atoms with Gasteiger partial charge in [0.1, 0.15) is 0 Å². The summed E-state index contributed by atoms with van der Waals surface area (Å²) in [5.41, 5.74) is 6.59. The van der Waals surface area contributed by atoms with Gasteiger partial charge < -0.3 is 16.2 Å². The van der Waals surface area contributed by atoms with Crippen LogP contribution in [0.2, 0.25) is 0 Å². The Kier molecular flexibility index (Phi) is 6.97. The van der Waals surface area contributed by atoms with Crippen molar-refractivity contribution in [3.05, 3.63) is 30.3 Å². The molecule has 0 heterocycles. The van der Waals surface area contributed by atoms with Crippen LogP contribution in [0.5, 0.6) is 0 Å². The molecule has 0 aliphatic carbocycles. The molecule has 19 heavy (non-hydrogen) atoms. The van der Waals surface area contributed by atoms with Crippen LogP contribution in [0.1, 0.15) is 26.2 Å². The van der Waals surface area contributed by atoms with Gasteiger partial charge >= 0.3 is 5.97 Å². The maximum absolute atomic E-state index is 10.9. The topological polar surface area (TPSA) is 75.3 Å². The molecule has 2 atom stereocenters. The molecule has 106 valence electrons. The molecule has 4 nitrogen and oxygen atoms in total. The van der Waals surface area contributed by atoms with Crippen LogP contribution >= 0.6 is 0 Å². The molecule has 0 bridgehead atoms. The van der Waals surface area contributed by atoms with E-state index in [9.17, 15) is 4.79 Å². The molecule has 4 N–H and O–H groups in total. The first kappa shape index (κ1) is 15.5. The van der Waals surface area contributed by atoms with E-state index in [4.69, 9.17) is 10.8 Å². The van der Waals surface area contributed by atoms with E-state index in [1.54, 1.807) is 0 Å². The van der Waals surface area contributed by atoms with Gasteiger partial charge in [-0.15, -0.1) is 0 Å². The maximum atomic E-state index is 10.9. The molecule has 2 unspecified atom stereocenters. The number of benzene rings is 1. The molecule has 0 radical (unpaired) electrons. The Balaban J connectivity index is 2.17. The van der Waals surface area contributed by atoms with E-state index in [1.807, 2.05) is 30.3 Å². The number of aliphatic carboxylic acids is 1. The summed E-state index contributed by atoms with van der Waals surface area (Å²) in [5.74, 6) is -0.795. The Bertz CT molecular complexity index is 368. The number of hydrogen-bond acceptors (Lipinski definition) is 3. The molecule has 0 saturated carbocycles. The normalized spacial score (nSPS) is 13.8. The molecule has 4 heteroatoms. The van der Waals surface area contributed by atoms with E-state index in [0.717, 1.165) is 25.1 Å². The summed E-state index contributed by atoms with van der Waals surface area (Å²) >= 11 is 0. The minimum Gasteiger partial charge on any atom is -0.481 e. The summed E-state index contributed by atoms with van der Waals surface area (Å²) in [6.45, 7) is 3.23. The van der Waals surface area contributed by atoms with Crippen molar-refractivity contribution in [1.82, 2.24) is 0 Å². The predicted octanol–water partition coefficient (Wildman–Crippen LogP) is 2.56. The smallest absolute Gasteiger partial charge is 0.307 e. The molecule has 0 spiro atoms. The molecule has 0 amide bonds. The first-order valence-electron chi connectivity index (χ1n) is 6.85. The minimum atomic E-state index is -0.781. The molecule has 1 rings (SSSR count). The molecule has 0 aliphatic rings. The lowest BCUT2D eigenvalue weighted by Gasteiger charge is -2.16. The number of carboxylic acids is 1. The van der Waals surface area contributed by atoms with Crippen molar-refractivity contribution in [2.24, 2.45) is 17.6 Å². The Labute approximate surface area is 115 Å². The maximum Gasteiger partial charge on any atom is 0.307 e. The highest BCUT2D eigenvalue weighted by Crippen LogP contribution is 2.17. The second-order valence-corrected chi connectivity index (χ2v) is 5.05. The lowest BCUT2D eigenvalue weighted by atomic mass is 9.92. The van der Waals surface area contributed by atoms with Gasteiger partial charge in [-0.3, -0.25) is 4.79 Å². The van der Waals surface area contributed by atoms with Crippen LogP contribution in [0, 0.1) is 11.8 Å². The van der Waals surface area contributed by atoms with Gasteiger partial charge in [0.25, 0.3) is 0 Å². The van der Waals surface area contributed by atoms with Gasteiger partial charge in [0.2, 0.25) is 0 Å². The Morgan fingerprint density at radius 3 is 2.63 bits per heavy atom. The van der Waals surface area contributed by atoms with Crippen molar-refractivity contribution in [3.8, 4) is 0 Å². The molecule has 0 fully saturated rings. The number of carboxylic acid groups (broad SMARTS) is 1. The summed E-state index contributed by atoms with van der Waals surface area (Å²) in [6.07, 6.45) is 2.72. The SMILES string of the molecule is CC(CCCNc1ccccc1)CC(CN)C(=O)O. The number of para-hydroxylation sites is 1. The highest BCUT2D eigenvalue weighted by molar-refractivity contribution is 5.70. The zero-order valence-electron chi connectivity index (χ0n) is 11.5. The third kappa shape index (κ3) is 6.25. The van der Waals surface area contributed by atoms with Gasteiger partial charge in [-0.2, -0.15) is 0 Å². The molecule has 1 aromatic rings. The zero-order valence-corrected chi connectivity index (χ0v) is 11.5. The monoisotopic (exact) mass is 264 g/mol. The average Bonchev–Trinajstić information content (AvgIpc) is 2.42. The molecule has 0 aromatic heterocycles. The van der Waals surface area contributed by atoms with Gasteiger partial charge in [-0.05, 0) is 37.3 Å². The third-order valence-electron chi connectivity index (χ3n) is 3.30. The number of nitrogens with one attached hydrogen (secondary N) is 1. The fourth-order valence-corrected chi connectivity index (χ4v) is 2.14. The molecular weight excluding hydrogens is 240 g/mol. The highest BCUT2D eigenvalue weighted by atomic mass is 16.4. The van der Waals surface area contributed by atoms with E-state index < -0.39 is 11.9 Å². The van der Waals surface area contributed by atoms with E-state index >= 15 is 0 Å². The van der Waals surface area contributed by atoms with Crippen LogP contribution < -0.4 is 11.1 Å². The van der Waals surface area contributed by atoms with Gasteiger partial charge in [-0.1, -0.05) is 25.1 Å². The fourth-order valence-electron chi connectivity index (χ4n) is 2.14. The summed E-state index contributed by atoms with van der Waals surface area (Å²) in [7, 11) is 0. The lowest BCUT2D eigenvalue weighted by Crippen LogP contribution is -2.25. The summed E-state index contributed by atoms with van der Waals surface area (Å²) < 4.78 is 0. The van der Waals surface area contributed by atoms with E-state index in [0.29, 0.717) is 12.3 Å². The molecular formula is C15H24N2O2. The van der Waals surface area contributed by atoms with Gasteiger partial charge in [0.05, 0.1) is 5.92 Å². The Morgan fingerprint density at radius 2 is 2.05 bits per heavy atom. The van der Waals surface area contributed by atoms with Crippen LogP contribution in [-0.4, -0.2) is 24.2 Å². The quantitative estimate of drug-likeness (QED) is 0.599. The van der Waals surface area contributed by atoms with Gasteiger partial charge in [-0.25, -0.2) is 0 Å². The van der Waals surface area contributed by atoms with Crippen LogP contribution in [0.25, 0.3) is 0 Å². The van der Waals surface area contributed by atoms with Gasteiger partial charge in [0.15, 0.2) is 0 Å². The first-order chi connectivity index (χ1) is 9.13. The van der Waals surface area contributed by atoms with Crippen LogP contribution in [0.4, 0.5) is 5.69 Å². The standard InChI is InChI=1S/C15H24N2O2/c1-12(10-13(11-16)15(18)19)6-5-9-17-14-7-3-2-4-8-14/h2-4,7-8,12-13,17H,5-6,9-11,16H2,1H3,(H,18,19). The minimum absolute atomic E-state index is 0.224. The largest absolute Gasteiger partial charge is 0.481 e. The number of hydrogen-bond donors (Lipinski definition) is 3. The van der Waals surface area contributed by atoms with Crippen molar-refractivity contribution < 1.29 is 9.90 Å². The zero-order chi connectivity index (χ0) is 14.1. The van der Waals surface area contributed by atoms with Gasteiger partial charge in [0, 0.05) is 18.8 Å². The summed E-state index contributed by atoms with van der Waals surface area (Å²) in [5, 5.41) is 12.3. The van der Waals surface area contributed by atoms with E-state index in [-0.39, 0.29) is 6.54 Å². The number of rotatable bonds is 9.